The van der Waals surface area contributed by atoms with E-state index in [0.717, 1.165) is 0 Å². The minimum atomic E-state index is -0.614. The van der Waals surface area contributed by atoms with Gasteiger partial charge >= 0.3 is 0 Å². The molecule has 0 bridgehead atoms. The Morgan fingerprint density at radius 2 is 2.18 bits per heavy atom. The van der Waals surface area contributed by atoms with Crippen LogP contribution in [0.5, 0.6) is 0 Å². The summed E-state index contributed by atoms with van der Waals surface area (Å²) in [6.07, 6.45) is 0. The number of carbonyl (C=O) groups is 1. The van der Waals surface area contributed by atoms with Gasteiger partial charge in [0.1, 0.15) is 5.69 Å². The number of nitrogens with two attached hydrogens (primary N) is 1. The van der Waals surface area contributed by atoms with Crippen molar-refractivity contribution < 1.29 is 9.72 Å². The van der Waals surface area contributed by atoms with Crippen LogP contribution in [0, 0.1) is 10.1 Å². The van der Waals surface area contributed by atoms with Crippen LogP contribution >= 0.6 is 0 Å². The maximum atomic E-state index is 11.0. The molecule has 0 fully saturated rings. The molecular weight excluding hydrogens is 224 g/mol. The quantitative estimate of drug-likeness (QED) is 0.375. The van der Waals surface area contributed by atoms with Gasteiger partial charge < -0.3 is 16.4 Å². The number of rotatable bonds is 6. The largest absolute Gasteiger partial charge is 0.378 e. The number of benzene rings is 1. The van der Waals surface area contributed by atoms with Gasteiger partial charge in [-0.3, -0.25) is 14.9 Å². The Morgan fingerprint density at radius 1 is 1.47 bits per heavy atom. The molecule has 0 radical (unpaired) electrons. The van der Waals surface area contributed by atoms with Crippen LogP contribution in [0.2, 0.25) is 0 Å². The molecule has 7 heteroatoms. The highest BCUT2D eigenvalue weighted by Crippen LogP contribution is 2.24. The molecule has 1 aromatic carbocycles. The molecule has 0 atom stereocenters. The van der Waals surface area contributed by atoms with Crippen LogP contribution in [0.25, 0.3) is 0 Å². The normalized spacial score (nSPS) is 9.94. The van der Waals surface area contributed by atoms with Crippen molar-refractivity contribution in [1.82, 2.24) is 5.32 Å². The van der Waals surface area contributed by atoms with Crippen molar-refractivity contribution in [2.45, 2.75) is 0 Å². The summed E-state index contributed by atoms with van der Waals surface area (Å²) in [6.45, 7) is 1.16. The van der Waals surface area contributed by atoms with Gasteiger partial charge in [0.25, 0.3) is 5.69 Å². The standard InChI is InChI=1S/C10H14N4O3/c1-12-4-5-13-8-6-7(10(11)15)2-3-9(8)14(16)17/h2-3,6,12-13H,4-5H2,1H3,(H2,11,15). The molecule has 0 saturated carbocycles. The Kier molecular flexibility index (Phi) is 4.41. The molecule has 0 saturated heterocycles. The highest BCUT2D eigenvalue weighted by molar-refractivity contribution is 5.94. The van der Waals surface area contributed by atoms with E-state index in [2.05, 4.69) is 10.6 Å². The molecule has 4 N–H and O–H groups in total. The summed E-state index contributed by atoms with van der Waals surface area (Å²) < 4.78 is 0. The molecule has 0 aliphatic carbocycles. The van der Waals surface area contributed by atoms with Crippen LogP contribution in [-0.2, 0) is 0 Å². The van der Waals surface area contributed by atoms with Crippen LogP contribution < -0.4 is 16.4 Å². The van der Waals surface area contributed by atoms with Crippen LogP contribution in [0.4, 0.5) is 11.4 Å². The number of nitro benzene ring substituents is 1. The first kappa shape index (κ1) is 12.9. The minimum absolute atomic E-state index is 0.0777. The highest BCUT2D eigenvalue weighted by atomic mass is 16.6. The molecule has 1 rings (SSSR count). The zero-order valence-electron chi connectivity index (χ0n) is 9.40. The molecular formula is C10H14N4O3. The number of primary amides is 1. The van der Waals surface area contributed by atoms with E-state index in [1.165, 1.54) is 18.2 Å². The van der Waals surface area contributed by atoms with E-state index in [-0.39, 0.29) is 11.3 Å². The first-order chi connectivity index (χ1) is 8.06. The minimum Gasteiger partial charge on any atom is -0.378 e. The SMILES string of the molecule is CNCCNc1cc(C(N)=O)ccc1[N+](=O)[O-]. The molecule has 1 aromatic rings. The number of likely N-dealkylation sites (N-methyl/N-ethyl adjacent to an activating group) is 1. The van der Waals surface area contributed by atoms with Crippen molar-refractivity contribution >= 4 is 17.3 Å². The van der Waals surface area contributed by atoms with Gasteiger partial charge in [0, 0.05) is 24.7 Å². The monoisotopic (exact) mass is 238 g/mol. The fourth-order valence-corrected chi connectivity index (χ4v) is 1.31. The molecule has 0 aliphatic rings. The Hall–Kier alpha value is -2.15. The van der Waals surface area contributed by atoms with Crippen LogP contribution in [-0.4, -0.2) is 31.0 Å². The van der Waals surface area contributed by atoms with Gasteiger partial charge in [-0.25, -0.2) is 0 Å². The summed E-state index contributed by atoms with van der Waals surface area (Å²) in [5.74, 6) is -0.614. The van der Waals surface area contributed by atoms with Crippen LogP contribution in [0.1, 0.15) is 10.4 Å². The summed E-state index contributed by atoms with van der Waals surface area (Å²) in [7, 11) is 1.77. The van der Waals surface area contributed by atoms with E-state index >= 15 is 0 Å². The second-order valence-electron chi connectivity index (χ2n) is 3.38. The van der Waals surface area contributed by atoms with Gasteiger partial charge in [0.05, 0.1) is 4.92 Å². The van der Waals surface area contributed by atoms with E-state index in [1.54, 1.807) is 7.05 Å². The third kappa shape index (κ3) is 3.42. The number of hydrogen-bond acceptors (Lipinski definition) is 5. The number of nitro groups is 1. The zero-order valence-corrected chi connectivity index (χ0v) is 9.40. The van der Waals surface area contributed by atoms with E-state index in [0.29, 0.717) is 18.8 Å². The number of hydrogen-bond donors (Lipinski definition) is 3. The van der Waals surface area contributed by atoms with Gasteiger partial charge in [-0.1, -0.05) is 0 Å². The second kappa shape index (κ2) is 5.80. The number of nitrogens with one attached hydrogen (secondary N) is 2. The lowest BCUT2D eigenvalue weighted by molar-refractivity contribution is -0.384. The molecule has 0 aliphatic heterocycles. The predicted molar refractivity (Wildman–Crippen MR) is 64.0 cm³/mol. The van der Waals surface area contributed by atoms with E-state index in [9.17, 15) is 14.9 Å². The van der Waals surface area contributed by atoms with Crippen LogP contribution in [0.15, 0.2) is 18.2 Å². The average molecular weight is 238 g/mol. The molecule has 7 nitrogen and oxygen atoms in total. The smallest absolute Gasteiger partial charge is 0.292 e. The molecule has 0 aromatic heterocycles. The van der Waals surface area contributed by atoms with Crippen molar-refractivity contribution in [2.24, 2.45) is 5.73 Å². The fraction of sp³-hybridized carbons (Fsp3) is 0.300. The Balaban J connectivity index is 2.98. The molecule has 0 spiro atoms. The molecule has 1 amide bonds. The maximum absolute atomic E-state index is 11.0. The summed E-state index contributed by atoms with van der Waals surface area (Å²) in [5, 5.41) is 16.5. The van der Waals surface area contributed by atoms with Gasteiger partial charge in [0.2, 0.25) is 5.91 Å². The van der Waals surface area contributed by atoms with Gasteiger partial charge in [-0.2, -0.15) is 0 Å². The lowest BCUT2D eigenvalue weighted by Gasteiger charge is -2.07. The molecule has 92 valence electrons. The van der Waals surface area contributed by atoms with E-state index in [1.807, 2.05) is 0 Å². The van der Waals surface area contributed by atoms with Gasteiger partial charge in [-0.05, 0) is 19.2 Å². The number of anilines is 1. The lowest BCUT2D eigenvalue weighted by Crippen LogP contribution is -2.19. The van der Waals surface area contributed by atoms with E-state index < -0.39 is 10.8 Å². The first-order valence-electron chi connectivity index (χ1n) is 5.03. The first-order valence-corrected chi connectivity index (χ1v) is 5.03. The van der Waals surface area contributed by atoms with Crippen molar-refractivity contribution in [3.8, 4) is 0 Å². The third-order valence-electron chi connectivity index (χ3n) is 2.17. The summed E-state index contributed by atoms with van der Waals surface area (Å²) >= 11 is 0. The summed E-state index contributed by atoms with van der Waals surface area (Å²) in [6, 6.07) is 3.99. The molecule has 17 heavy (non-hydrogen) atoms. The Bertz CT molecular complexity index is 434. The summed E-state index contributed by atoms with van der Waals surface area (Å²) in [5.41, 5.74) is 5.57. The van der Waals surface area contributed by atoms with Crippen molar-refractivity contribution in [3.05, 3.63) is 33.9 Å². The Labute approximate surface area is 98.1 Å². The summed E-state index contributed by atoms with van der Waals surface area (Å²) in [4.78, 5) is 21.2. The third-order valence-corrected chi connectivity index (χ3v) is 2.17. The van der Waals surface area contributed by atoms with Crippen molar-refractivity contribution in [1.29, 1.82) is 0 Å². The lowest BCUT2D eigenvalue weighted by atomic mass is 10.1. The van der Waals surface area contributed by atoms with Gasteiger partial charge in [-0.15, -0.1) is 0 Å². The topological polar surface area (TPSA) is 110 Å². The predicted octanol–water partition coefficient (Wildman–Crippen LogP) is 0.325. The average Bonchev–Trinajstić information content (AvgIpc) is 2.28. The Morgan fingerprint density at radius 3 is 2.71 bits per heavy atom. The van der Waals surface area contributed by atoms with Gasteiger partial charge in [0.15, 0.2) is 0 Å². The number of amides is 1. The molecule has 0 unspecified atom stereocenters. The second-order valence-corrected chi connectivity index (χ2v) is 3.38. The van der Waals surface area contributed by atoms with Crippen molar-refractivity contribution in [3.63, 3.8) is 0 Å². The van der Waals surface area contributed by atoms with Crippen molar-refractivity contribution in [2.75, 3.05) is 25.5 Å². The maximum Gasteiger partial charge on any atom is 0.292 e. The molecule has 0 heterocycles. The number of nitrogens with zero attached hydrogens (tertiary/aromatic N) is 1. The number of carbonyl (C=O) groups excluding carboxylic acids is 1. The fourth-order valence-electron chi connectivity index (χ4n) is 1.31. The zero-order chi connectivity index (χ0) is 12.8. The van der Waals surface area contributed by atoms with E-state index in [4.69, 9.17) is 5.73 Å². The highest BCUT2D eigenvalue weighted by Gasteiger charge is 2.15. The van der Waals surface area contributed by atoms with Crippen LogP contribution in [0.3, 0.4) is 0 Å².